The number of hydrogen-bond donors (Lipinski definition) is 1. The second-order valence-electron chi connectivity index (χ2n) is 5.97. The number of carbonyl (C=O) groups excluding carboxylic acids is 1. The minimum absolute atomic E-state index is 0.214. The van der Waals surface area contributed by atoms with E-state index in [0.29, 0.717) is 34.2 Å². The zero-order valence-electron chi connectivity index (χ0n) is 14.8. The molecule has 0 amide bonds. The van der Waals surface area contributed by atoms with Gasteiger partial charge in [-0.05, 0) is 38.1 Å². The van der Waals surface area contributed by atoms with E-state index in [1.807, 2.05) is 0 Å². The molecule has 0 aliphatic heterocycles. The maximum absolute atomic E-state index is 12.6. The quantitative estimate of drug-likeness (QED) is 0.736. The molecule has 2 heterocycles. The highest BCUT2D eigenvalue weighted by Crippen LogP contribution is 2.30. The van der Waals surface area contributed by atoms with Crippen molar-refractivity contribution in [3.05, 3.63) is 53.6 Å². The molecule has 6 nitrogen and oxygen atoms in total. The molecule has 3 aromatic rings. The number of nitrogens with one attached hydrogen (secondary N) is 1. The van der Waals surface area contributed by atoms with E-state index in [0.717, 1.165) is 12.1 Å². The van der Waals surface area contributed by atoms with Crippen molar-refractivity contribution in [2.45, 2.75) is 26.9 Å². The summed E-state index contributed by atoms with van der Waals surface area (Å²) in [6.07, 6.45) is -1.38. The Morgan fingerprint density at radius 1 is 1.11 bits per heavy atom. The summed E-state index contributed by atoms with van der Waals surface area (Å²) in [6, 6.07) is 4.62. The maximum Gasteiger partial charge on any atom is 0.416 e. The highest BCUT2D eigenvalue weighted by atomic mass is 19.4. The molecule has 9 heteroatoms. The number of aromatic nitrogens is 4. The van der Waals surface area contributed by atoms with Gasteiger partial charge in [-0.1, -0.05) is 0 Å². The number of aryl methyl sites for hydroxylation is 1. The molecular formula is C18H16F3N5O. The van der Waals surface area contributed by atoms with Gasteiger partial charge < -0.3 is 5.32 Å². The van der Waals surface area contributed by atoms with Gasteiger partial charge in [-0.3, -0.25) is 9.78 Å². The molecule has 0 atom stereocenters. The molecule has 27 heavy (non-hydrogen) atoms. The van der Waals surface area contributed by atoms with Gasteiger partial charge in [0.05, 0.1) is 35.0 Å². The van der Waals surface area contributed by atoms with Crippen molar-refractivity contribution in [1.82, 2.24) is 19.7 Å². The second-order valence-corrected chi connectivity index (χ2v) is 5.97. The average molecular weight is 375 g/mol. The lowest BCUT2D eigenvalue weighted by Gasteiger charge is -2.10. The molecule has 0 fully saturated rings. The van der Waals surface area contributed by atoms with E-state index in [9.17, 15) is 18.0 Å². The maximum atomic E-state index is 12.6. The van der Waals surface area contributed by atoms with E-state index >= 15 is 0 Å². The van der Waals surface area contributed by atoms with Crippen molar-refractivity contribution in [1.29, 1.82) is 0 Å². The van der Waals surface area contributed by atoms with Crippen LogP contribution in [0.4, 0.5) is 24.7 Å². The Morgan fingerprint density at radius 3 is 2.33 bits per heavy atom. The molecule has 140 valence electrons. The van der Waals surface area contributed by atoms with Gasteiger partial charge in [0.15, 0.2) is 0 Å². The Kier molecular flexibility index (Phi) is 4.69. The summed E-state index contributed by atoms with van der Waals surface area (Å²) in [6.45, 7) is 4.94. The summed E-state index contributed by atoms with van der Waals surface area (Å²) in [5, 5.41) is 7.13. The number of benzene rings is 1. The van der Waals surface area contributed by atoms with Gasteiger partial charge in [0.25, 0.3) is 0 Å². The van der Waals surface area contributed by atoms with Crippen LogP contribution in [0.25, 0.3) is 11.3 Å². The summed E-state index contributed by atoms with van der Waals surface area (Å²) in [5.41, 5.74) is 2.19. The molecule has 0 aliphatic carbocycles. The van der Waals surface area contributed by atoms with Crippen LogP contribution in [0.2, 0.25) is 0 Å². The Bertz CT molecular complexity index is 993. The van der Waals surface area contributed by atoms with E-state index in [2.05, 4.69) is 20.4 Å². The topological polar surface area (TPSA) is 72.7 Å². The molecule has 0 radical (unpaired) electrons. The number of halogens is 3. The third-order valence-corrected chi connectivity index (χ3v) is 3.96. The van der Waals surface area contributed by atoms with Gasteiger partial charge in [-0.25, -0.2) is 9.67 Å². The lowest BCUT2D eigenvalue weighted by molar-refractivity contribution is -0.137. The normalized spacial score (nSPS) is 11.5. The van der Waals surface area contributed by atoms with Crippen LogP contribution in [-0.4, -0.2) is 25.7 Å². The number of alkyl halides is 3. The van der Waals surface area contributed by atoms with Crippen molar-refractivity contribution < 1.29 is 18.0 Å². The molecular weight excluding hydrogens is 359 g/mol. The summed E-state index contributed by atoms with van der Waals surface area (Å²) >= 11 is 0. The van der Waals surface area contributed by atoms with Crippen LogP contribution in [0.3, 0.4) is 0 Å². The molecule has 0 aliphatic rings. The Balaban J connectivity index is 1.90. The first kappa shape index (κ1) is 18.6. The monoisotopic (exact) mass is 375 g/mol. The SMILES string of the molecule is CC(=O)n1nc(C)c(-c2cncc(Nc3ccc(C(F)(F)F)cc3)n2)c1C. The standard InChI is InChI=1S/C18H16F3N5O/c1-10-17(11(2)26(25-10)12(3)27)15-8-22-9-16(24-15)23-14-6-4-13(5-7-14)18(19,20)21/h4-9H,1-3H3,(H,23,24). The number of carbonyl (C=O) groups is 1. The van der Waals surface area contributed by atoms with Crippen molar-refractivity contribution >= 4 is 17.4 Å². The fourth-order valence-electron chi connectivity index (χ4n) is 2.76. The highest BCUT2D eigenvalue weighted by Gasteiger charge is 2.29. The smallest absolute Gasteiger partial charge is 0.339 e. The molecule has 0 spiro atoms. The molecule has 1 aromatic carbocycles. The Labute approximate surface area is 153 Å². The van der Waals surface area contributed by atoms with Crippen LogP contribution >= 0.6 is 0 Å². The van der Waals surface area contributed by atoms with Crippen LogP contribution < -0.4 is 5.32 Å². The van der Waals surface area contributed by atoms with E-state index < -0.39 is 11.7 Å². The predicted octanol–water partition coefficient (Wildman–Crippen LogP) is 4.38. The third-order valence-electron chi connectivity index (χ3n) is 3.96. The van der Waals surface area contributed by atoms with E-state index in [-0.39, 0.29) is 5.91 Å². The van der Waals surface area contributed by atoms with Crippen molar-refractivity contribution in [3.8, 4) is 11.3 Å². The van der Waals surface area contributed by atoms with E-state index in [4.69, 9.17) is 0 Å². The first-order valence-electron chi connectivity index (χ1n) is 8.00. The van der Waals surface area contributed by atoms with Crippen LogP contribution in [-0.2, 0) is 6.18 Å². The summed E-state index contributed by atoms with van der Waals surface area (Å²) < 4.78 is 39.2. The molecule has 2 aromatic heterocycles. The fraction of sp³-hybridized carbons (Fsp3) is 0.222. The highest BCUT2D eigenvalue weighted by molar-refractivity contribution is 5.79. The first-order valence-corrected chi connectivity index (χ1v) is 8.00. The number of anilines is 2. The lowest BCUT2D eigenvalue weighted by atomic mass is 10.1. The van der Waals surface area contributed by atoms with Gasteiger partial charge in [0.1, 0.15) is 5.82 Å². The number of nitrogens with zero attached hydrogens (tertiary/aromatic N) is 4. The van der Waals surface area contributed by atoms with Crippen LogP contribution in [0.15, 0.2) is 36.7 Å². The number of hydrogen-bond acceptors (Lipinski definition) is 5. The number of rotatable bonds is 3. The van der Waals surface area contributed by atoms with E-state index in [1.165, 1.54) is 29.9 Å². The van der Waals surface area contributed by atoms with Gasteiger partial charge in [0.2, 0.25) is 5.91 Å². The Morgan fingerprint density at radius 2 is 1.78 bits per heavy atom. The summed E-state index contributed by atoms with van der Waals surface area (Å²) in [4.78, 5) is 20.2. The predicted molar refractivity (Wildman–Crippen MR) is 93.8 cm³/mol. The van der Waals surface area contributed by atoms with Gasteiger partial charge in [-0.15, -0.1) is 0 Å². The van der Waals surface area contributed by atoms with Crippen molar-refractivity contribution in [3.63, 3.8) is 0 Å². The average Bonchev–Trinajstić information content (AvgIpc) is 2.89. The Hall–Kier alpha value is -3.23. The second kappa shape index (κ2) is 6.82. The molecule has 0 saturated carbocycles. The minimum atomic E-state index is -4.38. The van der Waals surface area contributed by atoms with E-state index in [1.54, 1.807) is 20.0 Å². The lowest BCUT2D eigenvalue weighted by Crippen LogP contribution is -2.09. The van der Waals surface area contributed by atoms with Crippen LogP contribution in [0.5, 0.6) is 0 Å². The molecule has 1 N–H and O–H groups in total. The molecule has 0 bridgehead atoms. The first-order chi connectivity index (χ1) is 12.7. The molecule has 3 rings (SSSR count). The van der Waals surface area contributed by atoms with Gasteiger partial charge >= 0.3 is 6.18 Å². The zero-order chi connectivity index (χ0) is 19.8. The van der Waals surface area contributed by atoms with Crippen molar-refractivity contribution in [2.24, 2.45) is 0 Å². The summed E-state index contributed by atoms with van der Waals surface area (Å²) in [7, 11) is 0. The largest absolute Gasteiger partial charge is 0.416 e. The zero-order valence-corrected chi connectivity index (χ0v) is 14.8. The molecule has 0 saturated heterocycles. The minimum Gasteiger partial charge on any atom is -0.339 e. The molecule has 0 unspecified atom stereocenters. The summed E-state index contributed by atoms with van der Waals surface area (Å²) in [5.74, 6) is 0.149. The fourth-order valence-corrected chi connectivity index (χ4v) is 2.76. The van der Waals surface area contributed by atoms with Gasteiger partial charge in [0, 0.05) is 18.2 Å². The van der Waals surface area contributed by atoms with Crippen LogP contribution in [0.1, 0.15) is 28.7 Å². The third kappa shape index (κ3) is 3.81. The van der Waals surface area contributed by atoms with Crippen molar-refractivity contribution in [2.75, 3.05) is 5.32 Å². The van der Waals surface area contributed by atoms with Crippen LogP contribution in [0, 0.1) is 13.8 Å². The van der Waals surface area contributed by atoms with Gasteiger partial charge in [-0.2, -0.15) is 18.3 Å².